The summed E-state index contributed by atoms with van der Waals surface area (Å²) in [5, 5.41) is 16.5. The van der Waals surface area contributed by atoms with Gasteiger partial charge >= 0.3 is 0 Å². The molecule has 9 heteroatoms. The molecular formula is C17H20F2N6O. The van der Waals surface area contributed by atoms with Gasteiger partial charge in [0.05, 0.1) is 23.3 Å². The third-order valence-corrected chi connectivity index (χ3v) is 4.28. The fraction of sp³-hybridized carbons (Fsp3) is 0.412. The van der Waals surface area contributed by atoms with Gasteiger partial charge in [-0.2, -0.15) is 0 Å². The van der Waals surface area contributed by atoms with Gasteiger partial charge in [-0.25, -0.2) is 23.7 Å². The predicted octanol–water partition coefficient (Wildman–Crippen LogP) is 2.37. The Bertz CT molecular complexity index is 791. The molecule has 1 atom stereocenters. The van der Waals surface area contributed by atoms with Crippen molar-refractivity contribution in [1.82, 2.24) is 19.9 Å². The second kappa shape index (κ2) is 8.13. The maximum Gasteiger partial charge on any atom is 0.279 e. The van der Waals surface area contributed by atoms with Crippen molar-refractivity contribution in [2.45, 2.75) is 19.3 Å². The van der Waals surface area contributed by atoms with Gasteiger partial charge in [-0.15, -0.1) is 0 Å². The largest absolute Gasteiger partial charge is 0.396 e. The standard InChI is InChI=1S/C17H20F2N6O/c18-17(19)12(20)3-4-15-21-7-14(24-15)13-6-16(23-10-22-13)25-5-1-2-11(8-25)9-26/h3-4,6-7,10-11,17,20,26H,1-2,5,8-9H2,(H,21,24)/b4-3-,20-12?/t11-/m1/s1. The maximum absolute atomic E-state index is 12.3. The van der Waals surface area contributed by atoms with E-state index in [1.807, 2.05) is 6.07 Å². The molecule has 1 fully saturated rings. The zero-order valence-electron chi connectivity index (χ0n) is 14.1. The van der Waals surface area contributed by atoms with Gasteiger partial charge in [-0.3, -0.25) is 5.41 Å². The Morgan fingerprint density at radius 3 is 3.04 bits per heavy atom. The van der Waals surface area contributed by atoms with Crippen LogP contribution in [0.3, 0.4) is 0 Å². The number of aliphatic hydroxyl groups excluding tert-OH is 1. The molecule has 0 saturated carbocycles. The number of aromatic amines is 1. The van der Waals surface area contributed by atoms with Crippen molar-refractivity contribution < 1.29 is 13.9 Å². The minimum Gasteiger partial charge on any atom is -0.396 e. The van der Waals surface area contributed by atoms with Crippen LogP contribution in [0.25, 0.3) is 17.5 Å². The van der Waals surface area contributed by atoms with Gasteiger partial charge in [-0.1, -0.05) is 0 Å². The fourth-order valence-corrected chi connectivity index (χ4v) is 2.88. The predicted molar refractivity (Wildman–Crippen MR) is 94.4 cm³/mol. The summed E-state index contributed by atoms with van der Waals surface area (Å²) in [6.45, 7) is 1.79. The van der Waals surface area contributed by atoms with E-state index in [1.165, 1.54) is 12.4 Å². The van der Waals surface area contributed by atoms with Gasteiger partial charge in [0.2, 0.25) is 0 Å². The number of nitrogens with one attached hydrogen (secondary N) is 2. The van der Waals surface area contributed by atoms with Gasteiger partial charge in [0.15, 0.2) is 0 Å². The summed E-state index contributed by atoms with van der Waals surface area (Å²) in [4.78, 5) is 17.8. The van der Waals surface area contributed by atoms with Gasteiger partial charge in [0.25, 0.3) is 6.43 Å². The van der Waals surface area contributed by atoms with Crippen molar-refractivity contribution in [3.05, 3.63) is 30.5 Å². The van der Waals surface area contributed by atoms with Gasteiger partial charge in [0, 0.05) is 25.8 Å². The maximum atomic E-state index is 12.3. The number of hydrogen-bond acceptors (Lipinski definition) is 6. The highest BCUT2D eigenvalue weighted by atomic mass is 19.3. The van der Waals surface area contributed by atoms with E-state index in [-0.39, 0.29) is 12.5 Å². The number of H-pyrrole nitrogens is 1. The lowest BCUT2D eigenvalue weighted by Crippen LogP contribution is -2.37. The van der Waals surface area contributed by atoms with Crippen LogP contribution >= 0.6 is 0 Å². The molecule has 3 heterocycles. The van der Waals surface area contributed by atoms with Crippen LogP contribution in [0.5, 0.6) is 0 Å². The van der Waals surface area contributed by atoms with Crippen LogP contribution in [0, 0.1) is 11.3 Å². The van der Waals surface area contributed by atoms with Gasteiger partial charge < -0.3 is 15.0 Å². The Kier molecular flexibility index (Phi) is 5.67. The average molecular weight is 362 g/mol. The first kappa shape index (κ1) is 18.1. The van der Waals surface area contributed by atoms with E-state index < -0.39 is 12.1 Å². The van der Waals surface area contributed by atoms with Crippen molar-refractivity contribution in [3.63, 3.8) is 0 Å². The minimum absolute atomic E-state index is 0.165. The van der Waals surface area contributed by atoms with Crippen LogP contribution in [0.4, 0.5) is 14.6 Å². The molecule has 26 heavy (non-hydrogen) atoms. The van der Waals surface area contributed by atoms with Crippen LogP contribution in [0.1, 0.15) is 18.7 Å². The number of nitrogens with zero attached hydrogens (tertiary/aromatic N) is 4. The molecule has 1 aliphatic rings. The van der Waals surface area contributed by atoms with Crippen molar-refractivity contribution in [2.24, 2.45) is 5.92 Å². The van der Waals surface area contributed by atoms with Gasteiger partial charge in [-0.05, 0) is 30.9 Å². The molecule has 0 spiro atoms. The van der Waals surface area contributed by atoms with Crippen LogP contribution in [-0.2, 0) is 0 Å². The summed E-state index contributed by atoms with van der Waals surface area (Å²) in [7, 11) is 0. The summed E-state index contributed by atoms with van der Waals surface area (Å²) in [6, 6.07) is 1.84. The number of allylic oxidation sites excluding steroid dienone is 1. The highest BCUT2D eigenvalue weighted by molar-refractivity contribution is 5.97. The van der Waals surface area contributed by atoms with E-state index in [1.54, 1.807) is 6.20 Å². The van der Waals surface area contributed by atoms with E-state index in [2.05, 4.69) is 24.8 Å². The lowest BCUT2D eigenvalue weighted by Gasteiger charge is -2.32. The molecule has 0 radical (unpaired) electrons. The Balaban J connectivity index is 1.75. The summed E-state index contributed by atoms with van der Waals surface area (Å²) in [6.07, 6.45) is 4.57. The van der Waals surface area contributed by atoms with E-state index in [9.17, 15) is 13.9 Å². The van der Waals surface area contributed by atoms with Crippen molar-refractivity contribution in [2.75, 3.05) is 24.6 Å². The Labute approximate surface area is 149 Å². The van der Waals surface area contributed by atoms with Gasteiger partial charge in [0.1, 0.15) is 18.0 Å². The van der Waals surface area contributed by atoms with Crippen LogP contribution < -0.4 is 4.90 Å². The Hall–Kier alpha value is -2.68. The molecule has 1 saturated heterocycles. The van der Waals surface area contributed by atoms with Crippen LogP contribution in [0.15, 0.2) is 24.7 Å². The fourth-order valence-electron chi connectivity index (χ4n) is 2.88. The number of imidazole rings is 1. The molecule has 1 aliphatic heterocycles. The summed E-state index contributed by atoms with van der Waals surface area (Å²) in [5.74, 6) is 1.39. The Morgan fingerprint density at radius 1 is 1.42 bits per heavy atom. The number of alkyl halides is 2. The molecular weight excluding hydrogens is 342 g/mol. The zero-order chi connectivity index (χ0) is 18.5. The van der Waals surface area contributed by atoms with Crippen molar-refractivity contribution in [3.8, 4) is 11.4 Å². The average Bonchev–Trinajstić information content (AvgIpc) is 3.15. The molecule has 7 nitrogen and oxygen atoms in total. The number of hydrogen-bond donors (Lipinski definition) is 3. The van der Waals surface area contributed by atoms with E-state index in [0.29, 0.717) is 17.2 Å². The summed E-state index contributed by atoms with van der Waals surface area (Å²) < 4.78 is 24.7. The molecule has 0 amide bonds. The summed E-state index contributed by atoms with van der Waals surface area (Å²) in [5.41, 5.74) is 0.501. The topological polar surface area (TPSA) is 102 Å². The number of anilines is 1. The van der Waals surface area contributed by atoms with Crippen molar-refractivity contribution in [1.29, 1.82) is 5.41 Å². The minimum atomic E-state index is -2.81. The number of aromatic nitrogens is 4. The number of aliphatic hydroxyl groups is 1. The molecule has 0 bridgehead atoms. The third-order valence-electron chi connectivity index (χ3n) is 4.28. The van der Waals surface area contributed by atoms with Crippen molar-refractivity contribution >= 4 is 17.6 Å². The second-order valence-corrected chi connectivity index (χ2v) is 6.17. The first-order valence-corrected chi connectivity index (χ1v) is 8.34. The highest BCUT2D eigenvalue weighted by Crippen LogP contribution is 2.24. The molecule has 3 rings (SSSR count). The first-order chi connectivity index (χ1) is 12.6. The first-order valence-electron chi connectivity index (χ1n) is 8.34. The SMILES string of the molecule is N=C(/C=C\c1ncc(-c2cc(N3CCC[C@@H](CO)C3)ncn2)[nH]1)C(F)F. The number of rotatable bonds is 6. The molecule has 138 valence electrons. The van der Waals surface area contributed by atoms with Crippen LogP contribution in [-0.4, -0.2) is 56.9 Å². The highest BCUT2D eigenvalue weighted by Gasteiger charge is 2.20. The molecule has 0 aromatic carbocycles. The molecule has 3 N–H and O–H groups in total. The monoisotopic (exact) mass is 362 g/mol. The number of piperidine rings is 1. The Morgan fingerprint density at radius 2 is 2.27 bits per heavy atom. The summed E-state index contributed by atoms with van der Waals surface area (Å²) >= 11 is 0. The third kappa shape index (κ3) is 4.29. The smallest absolute Gasteiger partial charge is 0.279 e. The van der Waals surface area contributed by atoms with E-state index in [4.69, 9.17) is 5.41 Å². The lowest BCUT2D eigenvalue weighted by atomic mass is 9.99. The molecule has 2 aromatic rings. The van der Waals surface area contributed by atoms with Crippen LogP contribution in [0.2, 0.25) is 0 Å². The number of halogens is 2. The molecule has 0 unspecified atom stereocenters. The molecule has 2 aromatic heterocycles. The normalized spacial score (nSPS) is 18.0. The van der Waals surface area contributed by atoms with E-state index in [0.717, 1.165) is 37.8 Å². The lowest BCUT2D eigenvalue weighted by molar-refractivity contribution is 0.208. The van der Waals surface area contributed by atoms with E-state index >= 15 is 0 Å². The zero-order valence-corrected chi connectivity index (χ0v) is 14.1. The molecule has 0 aliphatic carbocycles. The quantitative estimate of drug-likeness (QED) is 0.685. The second-order valence-electron chi connectivity index (χ2n) is 6.17.